The molecule has 0 saturated heterocycles. The zero-order valence-corrected chi connectivity index (χ0v) is 19.6. The maximum Gasteiger partial charge on any atom is 0.265 e. The molecule has 0 saturated carbocycles. The van der Waals surface area contributed by atoms with Crippen molar-refractivity contribution in [3.05, 3.63) is 114 Å². The monoisotopic (exact) mass is 465 g/mol. The summed E-state index contributed by atoms with van der Waals surface area (Å²) in [6.07, 6.45) is -0.738. The summed E-state index contributed by atoms with van der Waals surface area (Å²) in [6, 6.07) is 31.6. The van der Waals surface area contributed by atoms with Crippen LogP contribution in [0.3, 0.4) is 0 Å². The Morgan fingerprint density at radius 3 is 2.00 bits per heavy atom. The molecule has 0 radical (unpaired) electrons. The second-order valence-electron chi connectivity index (χ2n) is 8.13. The number of anilines is 4. The molecule has 0 bridgehead atoms. The van der Waals surface area contributed by atoms with Crippen LogP contribution < -0.4 is 20.7 Å². The highest BCUT2D eigenvalue weighted by molar-refractivity contribution is 6.10. The number of amides is 2. The van der Waals surface area contributed by atoms with Crippen molar-refractivity contribution in [1.82, 2.24) is 0 Å². The lowest BCUT2D eigenvalue weighted by Gasteiger charge is -2.16. The first-order chi connectivity index (χ1) is 17.0. The van der Waals surface area contributed by atoms with Crippen LogP contribution in [0.25, 0.3) is 0 Å². The number of nitrogens with one attached hydrogen (secondary N) is 3. The van der Waals surface area contributed by atoms with E-state index < -0.39 is 6.10 Å². The molecule has 4 aromatic rings. The third-order valence-electron chi connectivity index (χ3n) is 5.34. The average molecular weight is 466 g/mol. The van der Waals surface area contributed by atoms with Gasteiger partial charge in [-0.3, -0.25) is 9.59 Å². The van der Waals surface area contributed by atoms with Gasteiger partial charge in [0.05, 0.1) is 11.3 Å². The molecule has 1 atom stereocenters. The van der Waals surface area contributed by atoms with Gasteiger partial charge in [0, 0.05) is 17.1 Å². The molecule has 3 N–H and O–H groups in total. The fourth-order valence-electron chi connectivity index (χ4n) is 3.42. The van der Waals surface area contributed by atoms with Crippen LogP contribution in [-0.4, -0.2) is 17.9 Å². The molecule has 4 aromatic carbocycles. The zero-order chi connectivity index (χ0) is 24.6. The largest absolute Gasteiger partial charge is 0.481 e. The summed E-state index contributed by atoms with van der Waals surface area (Å²) in [4.78, 5) is 25.7. The standard InChI is InChI=1S/C29H27N3O3/c1-20-12-18-25(19-13-20)35-21(2)28(33)32-27-11-7-6-10-26(27)29(34)31-24-16-14-23(15-17-24)30-22-8-4-3-5-9-22/h3-19,21,30H,1-2H3,(H,31,34)(H,32,33)/t21-/m1/s1. The van der Waals surface area contributed by atoms with E-state index in [4.69, 9.17) is 4.74 Å². The lowest BCUT2D eigenvalue weighted by molar-refractivity contribution is -0.122. The summed E-state index contributed by atoms with van der Waals surface area (Å²) in [5, 5.41) is 9.00. The number of hydrogen-bond donors (Lipinski definition) is 3. The van der Waals surface area contributed by atoms with E-state index in [-0.39, 0.29) is 11.8 Å². The van der Waals surface area contributed by atoms with Gasteiger partial charge in [-0.15, -0.1) is 0 Å². The van der Waals surface area contributed by atoms with Gasteiger partial charge in [-0.05, 0) is 74.5 Å². The molecule has 6 heteroatoms. The van der Waals surface area contributed by atoms with Gasteiger partial charge in [0.2, 0.25) is 0 Å². The number of aryl methyl sites for hydroxylation is 1. The van der Waals surface area contributed by atoms with Crippen molar-refractivity contribution in [2.45, 2.75) is 20.0 Å². The minimum atomic E-state index is -0.738. The van der Waals surface area contributed by atoms with Crippen molar-refractivity contribution < 1.29 is 14.3 Å². The van der Waals surface area contributed by atoms with Gasteiger partial charge in [0.15, 0.2) is 6.10 Å². The number of para-hydroxylation sites is 2. The SMILES string of the molecule is Cc1ccc(O[C@H](C)C(=O)Nc2ccccc2C(=O)Nc2ccc(Nc3ccccc3)cc2)cc1. The summed E-state index contributed by atoms with van der Waals surface area (Å²) >= 11 is 0. The van der Waals surface area contributed by atoms with Crippen molar-refractivity contribution in [1.29, 1.82) is 0 Å². The quantitative estimate of drug-likeness (QED) is 0.281. The molecule has 6 nitrogen and oxygen atoms in total. The molecule has 0 unspecified atom stereocenters. The first-order valence-electron chi connectivity index (χ1n) is 11.3. The smallest absolute Gasteiger partial charge is 0.265 e. The number of carbonyl (C=O) groups excluding carboxylic acids is 2. The van der Waals surface area contributed by atoms with Gasteiger partial charge in [-0.1, -0.05) is 48.0 Å². The lowest BCUT2D eigenvalue weighted by atomic mass is 10.1. The molecule has 176 valence electrons. The Morgan fingerprint density at radius 2 is 1.29 bits per heavy atom. The molecule has 0 aromatic heterocycles. The highest BCUT2D eigenvalue weighted by Gasteiger charge is 2.18. The number of hydrogen-bond acceptors (Lipinski definition) is 4. The highest BCUT2D eigenvalue weighted by atomic mass is 16.5. The zero-order valence-electron chi connectivity index (χ0n) is 19.6. The van der Waals surface area contributed by atoms with Crippen molar-refractivity contribution in [2.24, 2.45) is 0 Å². The molecule has 0 aliphatic carbocycles. The van der Waals surface area contributed by atoms with Crippen LogP contribution in [0.5, 0.6) is 5.75 Å². The molecular weight excluding hydrogens is 438 g/mol. The first-order valence-corrected chi connectivity index (χ1v) is 11.3. The van der Waals surface area contributed by atoms with E-state index in [1.165, 1.54) is 0 Å². The van der Waals surface area contributed by atoms with Gasteiger partial charge in [0.25, 0.3) is 11.8 Å². The average Bonchev–Trinajstić information content (AvgIpc) is 2.87. The molecule has 4 rings (SSSR count). The van der Waals surface area contributed by atoms with E-state index in [0.717, 1.165) is 16.9 Å². The van der Waals surface area contributed by atoms with Crippen LogP contribution in [0.1, 0.15) is 22.8 Å². The molecule has 35 heavy (non-hydrogen) atoms. The fraction of sp³-hybridized carbons (Fsp3) is 0.103. The molecule has 0 aliphatic heterocycles. The van der Waals surface area contributed by atoms with Crippen LogP contribution in [0.2, 0.25) is 0 Å². The molecule has 0 heterocycles. The minimum Gasteiger partial charge on any atom is -0.481 e. The van der Waals surface area contributed by atoms with Crippen LogP contribution in [0.4, 0.5) is 22.7 Å². The van der Waals surface area contributed by atoms with E-state index in [2.05, 4.69) is 16.0 Å². The summed E-state index contributed by atoms with van der Waals surface area (Å²) in [5.74, 6) is -0.0616. The minimum absolute atomic E-state index is 0.322. The number of rotatable bonds is 8. The van der Waals surface area contributed by atoms with Gasteiger partial charge >= 0.3 is 0 Å². The summed E-state index contributed by atoms with van der Waals surface area (Å²) in [5.41, 5.74) is 4.41. The second-order valence-corrected chi connectivity index (χ2v) is 8.13. The lowest BCUT2D eigenvalue weighted by Crippen LogP contribution is -2.31. The fourth-order valence-corrected chi connectivity index (χ4v) is 3.42. The van der Waals surface area contributed by atoms with E-state index >= 15 is 0 Å². The predicted octanol–water partition coefficient (Wildman–Crippen LogP) is 6.40. The second kappa shape index (κ2) is 11.0. The van der Waals surface area contributed by atoms with Crippen LogP contribution >= 0.6 is 0 Å². The topological polar surface area (TPSA) is 79.5 Å². The molecule has 0 spiro atoms. The van der Waals surface area contributed by atoms with E-state index in [0.29, 0.717) is 22.7 Å². The maximum absolute atomic E-state index is 13.0. The Kier molecular flexibility index (Phi) is 7.43. The highest BCUT2D eigenvalue weighted by Crippen LogP contribution is 2.22. The summed E-state index contributed by atoms with van der Waals surface area (Å²) < 4.78 is 5.73. The molecular formula is C29H27N3O3. The van der Waals surface area contributed by atoms with Gasteiger partial charge < -0.3 is 20.7 Å². The van der Waals surface area contributed by atoms with Gasteiger partial charge in [-0.25, -0.2) is 0 Å². The third kappa shape index (κ3) is 6.48. The van der Waals surface area contributed by atoms with Crippen molar-refractivity contribution >= 4 is 34.6 Å². The Bertz CT molecular complexity index is 1290. The van der Waals surface area contributed by atoms with Crippen molar-refractivity contribution in [3.8, 4) is 5.75 Å². The van der Waals surface area contributed by atoms with Crippen LogP contribution in [0, 0.1) is 6.92 Å². The van der Waals surface area contributed by atoms with E-state index in [1.807, 2.05) is 85.8 Å². The number of ether oxygens (including phenoxy) is 1. The van der Waals surface area contributed by atoms with Crippen molar-refractivity contribution in [3.63, 3.8) is 0 Å². The number of benzene rings is 4. The van der Waals surface area contributed by atoms with E-state index in [9.17, 15) is 9.59 Å². The van der Waals surface area contributed by atoms with E-state index in [1.54, 1.807) is 31.2 Å². The summed E-state index contributed by atoms with van der Waals surface area (Å²) in [6.45, 7) is 3.65. The Morgan fingerprint density at radius 1 is 0.686 bits per heavy atom. The Hall–Kier alpha value is -4.58. The van der Waals surface area contributed by atoms with Crippen molar-refractivity contribution in [2.75, 3.05) is 16.0 Å². The van der Waals surface area contributed by atoms with Gasteiger partial charge in [-0.2, -0.15) is 0 Å². The third-order valence-corrected chi connectivity index (χ3v) is 5.34. The van der Waals surface area contributed by atoms with Crippen LogP contribution in [0.15, 0.2) is 103 Å². The number of carbonyl (C=O) groups is 2. The predicted molar refractivity (Wildman–Crippen MR) is 140 cm³/mol. The molecule has 0 aliphatic rings. The Balaban J connectivity index is 1.39. The van der Waals surface area contributed by atoms with Gasteiger partial charge in [0.1, 0.15) is 5.75 Å². The molecule has 0 fully saturated rings. The Labute approximate surface area is 205 Å². The first kappa shape index (κ1) is 23.6. The normalized spacial score (nSPS) is 11.3. The van der Waals surface area contributed by atoms with Crippen LogP contribution in [-0.2, 0) is 4.79 Å². The summed E-state index contributed by atoms with van der Waals surface area (Å²) in [7, 11) is 0. The maximum atomic E-state index is 13.0. The molecule has 2 amide bonds.